The van der Waals surface area contributed by atoms with Gasteiger partial charge in [-0.2, -0.15) is 0 Å². The molecular formula is C15H22N4O2. The van der Waals surface area contributed by atoms with Gasteiger partial charge in [0, 0.05) is 31.8 Å². The van der Waals surface area contributed by atoms with Crippen LogP contribution >= 0.6 is 0 Å². The first kappa shape index (κ1) is 15.5. The van der Waals surface area contributed by atoms with Gasteiger partial charge < -0.3 is 20.1 Å². The average molecular weight is 290 g/mol. The summed E-state index contributed by atoms with van der Waals surface area (Å²) in [6, 6.07) is 5.83. The second-order valence-corrected chi connectivity index (χ2v) is 4.96. The third-order valence-electron chi connectivity index (χ3n) is 3.39. The summed E-state index contributed by atoms with van der Waals surface area (Å²) in [5.41, 5.74) is 7.48. The summed E-state index contributed by atoms with van der Waals surface area (Å²) in [6.45, 7) is 4.04. The lowest BCUT2D eigenvalue weighted by Gasteiger charge is -2.30. The molecule has 1 heterocycles. The molecule has 2 N–H and O–H groups in total. The summed E-state index contributed by atoms with van der Waals surface area (Å²) < 4.78 is 10.5. The number of anilines is 2. The molecule has 1 unspecified atom stereocenters. The van der Waals surface area contributed by atoms with E-state index in [2.05, 4.69) is 21.8 Å². The first-order valence-corrected chi connectivity index (χ1v) is 6.92. The molecule has 6 nitrogen and oxygen atoms in total. The zero-order valence-corrected chi connectivity index (χ0v) is 12.7. The second-order valence-electron chi connectivity index (χ2n) is 4.96. The van der Waals surface area contributed by atoms with Crippen molar-refractivity contribution >= 4 is 22.4 Å². The van der Waals surface area contributed by atoms with Gasteiger partial charge in [0.2, 0.25) is 0 Å². The molecule has 0 saturated carbocycles. The van der Waals surface area contributed by atoms with E-state index in [0.717, 1.165) is 23.3 Å². The number of methoxy groups -OCH3 is 2. The number of hydrogen-bond acceptors (Lipinski definition) is 6. The summed E-state index contributed by atoms with van der Waals surface area (Å²) >= 11 is 0. The molecule has 2 rings (SSSR count). The molecule has 0 aliphatic heterocycles. The highest BCUT2D eigenvalue weighted by atomic mass is 16.5. The number of nitrogens with zero attached hydrogens (tertiary/aromatic N) is 3. The van der Waals surface area contributed by atoms with Crippen molar-refractivity contribution in [3.63, 3.8) is 0 Å². The van der Waals surface area contributed by atoms with Crippen molar-refractivity contribution < 1.29 is 9.47 Å². The Hall–Kier alpha value is -1.92. The van der Waals surface area contributed by atoms with Crippen molar-refractivity contribution in [3.8, 4) is 0 Å². The monoisotopic (exact) mass is 290 g/mol. The predicted octanol–water partition coefficient (Wildman–Crippen LogP) is 1.70. The molecule has 0 aliphatic rings. The number of nitrogens with two attached hydrogens (primary N) is 1. The predicted molar refractivity (Wildman–Crippen MR) is 84.5 cm³/mol. The van der Waals surface area contributed by atoms with E-state index in [9.17, 15) is 0 Å². The Kier molecular flexibility index (Phi) is 5.30. The van der Waals surface area contributed by atoms with Crippen LogP contribution in [0.15, 0.2) is 24.5 Å². The summed E-state index contributed by atoms with van der Waals surface area (Å²) in [7, 11) is 3.39. The quantitative estimate of drug-likeness (QED) is 0.782. The summed E-state index contributed by atoms with van der Waals surface area (Å²) in [4.78, 5) is 10.9. The Balaban J connectivity index is 2.45. The molecule has 1 aromatic carbocycles. The van der Waals surface area contributed by atoms with E-state index in [0.29, 0.717) is 18.9 Å². The molecule has 1 aromatic heterocycles. The third-order valence-corrected chi connectivity index (χ3v) is 3.39. The van der Waals surface area contributed by atoms with Gasteiger partial charge in [0.05, 0.1) is 24.8 Å². The van der Waals surface area contributed by atoms with E-state index >= 15 is 0 Å². The summed E-state index contributed by atoms with van der Waals surface area (Å²) in [5, 5.41) is 0.941. The van der Waals surface area contributed by atoms with Crippen molar-refractivity contribution in [3.05, 3.63) is 24.5 Å². The van der Waals surface area contributed by atoms with E-state index in [4.69, 9.17) is 15.2 Å². The Morgan fingerprint density at radius 3 is 2.76 bits per heavy atom. The van der Waals surface area contributed by atoms with E-state index < -0.39 is 0 Å². The maximum atomic E-state index is 5.90. The van der Waals surface area contributed by atoms with Crippen LogP contribution in [0.25, 0.3) is 10.9 Å². The lowest BCUT2D eigenvalue weighted by Crippen LogP contribution is -2.39. The second kappa shape index (κ2) is 7.19. The van der Waals surface area contributed by atoms with Crippen LogP contribution in [0.1, 0.15) is 6.92 Å². The first-order chi connectivity index (χ1) is 10.2. The fourth-order valence-electron chi connectivity index (χ4n) is 2.35. The van der Waals surface area contributed by atoms with Crippen molar-refractivity contribution in [2.24, 2.45) is 0 Å². The van der Waals surface area contributed by atoms with Crippen molar-refractivity contribution in [1.29, 1.82) is 0 Å². The van der Waals surface area contributed by atoms with Gasteiger partial charge in [-0.05, 0) is 25.1 Å². The largest absolute Gasteiger partial charge is 0.399 e. The molecule has 0 fully saturated rings. The number of aromatic nitrogens is 2. The van der Waals surface area contributed by atoms with Gasteiger partial charge in [0.1, 0.15) is 12.1 Å². The molecule has 0 aliphatic carbocycles. The normalized spacial score (nSPS) is 12.5. The van der Waals surface area contributed by atoms with Crippen LogP contribution < -0.4 is 10.6 Å². The minimum Gasteiger partial charge on any atom is -0.399 e. The molecule has 2 aromatic rings. The minimum absolute atomic E-state index is 0.171. The van der Waals surface area contributed by atoms with Gasteiger partial charge in [0.15, 0.2) is 0 Å². The number of hydrogen-bond donors (Lipinski definition) is 1. The van der Waals surface area contributed by atoms with Gasteiger partial charge >= 0.3 is 0 Å². The van der Waals surface area contributed by atoms with Gasteiger partial charge in [-0.25, -0.2) is 9.97 Å². The standard InChI is InChI=1S/C15H22N4O2/c1-11(9-21-3)19(6-7-20-2)15-13-8-12(16)4-5-14(13)17-10-18-15/h4-5,8,10-11H,6-7,9,16H2,1-3H3. The van der Waals surface area contributed by atoms with Gasteiger partial charge in [-0.15, -0.1) is 0 Å². The van der Waals surface area contributed by atoms with Crippen LogP contribution in [0.5, 0.6) is 0 Å². The molecule has 0 saturated heterocycles. The van der Waals surface area contributed by atoms with E-state index in [1.165, 1.54) is 0 Å². The minimum atomic E-state index is 0.171. The number of rotatable bonds is 7. The highest BCUT2D eigenvalue weighted by molar-refractivity contribution is 5.91. The van der Waals surface area contributed by atoms with E-state index in [1.807, 2.05) is 18.2 Å². The van der Waals surface area contributed by atoms with Crippen molar-refractivity contribution in [2.75, 3.05) is 44.6 Å². The Bertz CT molecular complexity index is 591. The van der Waals surface area contributed by atoms with Gasteiger partial charge in [-0.1, -0.05) is 0 Å². The molecule has 6 heteroatoms. The van der Waals surface area contributed by atoms with Gasteiger partial charge in [-0.3, -0.25) is 0 Å². The van der Waals surface area contributed by atoms with Crippen LogP contribution in [-0.2, 0) is 9.47 Å². The molecular weight excluding hydrogens is 268 g/mol. The first-order valence-electron chi connectivity index (χ1n) is 6.92. The number of fused-ring (bicyclic) bond motifs is 1. The maximum absolute atomic E-state index is 5.90. The molecule has 0 bridgehead atoms. The molecule has 114 valence electrons. The number of nitrogen functional groups attached to an aromatic ring is 1. The number of ether oxygens (including phenoxy) is 2. The van der Waals surface area contributed by atoms with E-state index in [-0.39, 0.29) is 6.04 Å². The summed E-state index contributed by atoms with van der Waals surface area (Å²) in [6.07, 6.45) is 1.58. The Labute approximate surface area is 124 Å². The fourth-order valence-corrected chi connectivity index (χ4v) is 2.35. The molecule has 1 atom stereocenters. The smallest absolute Gasteiger partial charge is 0.140 e. The maximum Gasteiger partial charge on any atom is 0.140 e. The van der Waals surface area contributed by atoms with Crippen molar-refractivity contribution in [2.45, 2.75) is 13.0 Å². The van der Waals surface area contributed by atoms with Crippen LogP contribution in [0.3, 0.4) is 0 Å². The van der Waals surface area contributed by atoms with Crippen LogP contribution in [0.4, 0.5) is 11.5 Å². The zero-order chi connectivity index (χ0) is 15.2. The van der Waals surface area contributed by atoms with Crippen LogP contribution in [-0.4, -0.2) is 50.0 Å². The van der Waals surface area contributed by atoms with Crippen LogP contribution in [0, 0.1) is 0 Å². The molecule has 21 heavy (non-hydrogen) atoms. The SMILES string of the molecule is COCCN(c1ncnc2ccc(N)cc12)C(C)COC. The lowest BCUT2D eigenvalue weighted by molar-refractivity contribution is 0.170. The Morgan fingerprint density at radius 1 is 1.24 bits per heavy atom. The number of benzene rings is 1. The molecule has 0 radical (unpaired) electrons. The van der Waals surface area contributed by atoms with Gasteiger partial charge in [0.25, 0.3) is 0 Å². The lowest BCUT2D eigenvalue weighted by atomic mass is 10.2. The van der Waals surface area contributed by atoms with Crippen molar-refractivity contribution in [1.82, 2.24) is 9.97 Å². The highest BCUT2D eigenvalue weighted by Gasteiger charge is 2.18. The van der Waals surface area contributed by atoms with E-state index in [1.54, 1.807) is 20.5 Å². The molecule has 0 amide bonds. The molecule has 0 spiro atoms. The topological polar surface area (TPSA) is 73.5 Å². The van der Waals surface area contributed by atoms with Crippen LogP contribution in [0.2, 0.25) is 0 Å². The fraction of sp³-hybridized carbons (Fsp3) is 0.467. The average Bonchev–Trinajstić information content (AvgIpc) is 2.48. The zero-order valence-electron chi connectivity index (χ0n) is 12.7. The summed E-state index contributed by atoms with van der Waals surface area (Å²) in [5.74, 6) is 0.855. The third kappa shape index (κ3) is 3.59. The Morgan fingerprint density at radius 2 is 2.05 bits per heavy atom. The highest BCUT2D eigenvalue weighted by Crippen LogP contribution is 2.26.